The van der Waals surface area contributed by atoms with Gasteiger partial charge in [-0.15, -0.1) is 0 Å². The van der Waals surface area contributed by atoms with Crippen molar-refractivity contribution in [2.75, 3.05) is 13.2 Å². The third-order valence-corrected chi connectivity index (χ3v) is 12.2. The van der Waals surface area contributed by atoms with E-state index in [0.29, 0.717) is 31.4 Å². The van der Waals surface area contributed by atoms with Gasteiger partial charge >= 0.3 is 12.2 Å². The highest BCUT2D eigenvalue weighted by Crippen LogP contribution is 2.63. The third kappa shape index (κ3) is 13.7. The van der Waals surface area contributed by atoms with Crippen LogP contribution >= 0.6 is 0 Å². The van der Waals surface area contributed by atoms with E-state index in [2.05, 4.69) is 51.3 Å². The van der Waals surface area contributed by atoms with Gasteiger partial charge in [-0.1, -0.05) is 78.4 Å². The largest absolute Gasteiger partial charge is 0.446 e. The van der Waals surface area contributed by atoms with Gasteiger partial charge in [-0.05, 0) is 133 Å². The molecule has 0 aromatic heterocycles. The molecule has 0 aromatic rings. The van der Waals surface area contributed by atoms with Crippen LogP contribution in [-0.4, -0.2) is 49.2 Å². The molecule has 0 heterocycles. The van der Waals surface area contributed by atoms with E-state index in [9.17, 15) is 9.59 Å². The highest BCUT2D eigenvalue weighted by Gasteiger charge is 2.54. The quantitative estimate of drug-likeness (QED) is 0.132. The number of rotatable bonds is 19. The van der Waals surface area contributed by atoms with Crippen molar-refractivity contribution in [1.82, 2.24) is 10.6 Å². The summed E-state index contributed by atoms with van der Waals surface area (Å²) in [6.07, 6.45) is 19.3. The van der Waals surface area contributed by atoms with Gasteiger partial charge in [0.1, 0.15) is 11.7 Å². The summed E-state index contributed by atoms with van der Waals surface area (Å²) in [6.45, 7) is 22.7. The molecule has 3 aliphatic carbocycles. The number of fused-ring (bicyclic) bond motifs is 3. The lowest BCUT2D eigenvalue weighted by molar-refractivity contribution is -0.00726. The van der Waals surface area contributed by atoms with Gasteiger partial charge in [0.05, 0.1) is 6.10 Å². The molecule has 0 aromatic carbocycles. The Hall–Kier alpha value is -1.76. The van der Waals surface area contributed by atoms with Crippen LogP contribution in [0.3, 0.4) is 0 Å². The summed E-state index contributed by atoms with van der Waals surface area (Å²) >= 11 is 0. The minimum atomic E-state index is -0.508. The minimum Gasteiger partial charge on any atom is -0.446 e. The van der Waals surface area contributed by atoms with Crippen molar-refractivity contribution in [2.24, 2.45) is 40.9 Å². The molecule has 2 fully saturated rings. The molecular weight excluding hydrogens is 612 g/mol. The summed E-state index contributed by atoms with van der Waals surface area (Å²) in [6, 6.07) is -0.0502. The predicted octanol–water partition coefficient (Wildman–Crippen LogP) is 11.0. The fourth-order valence-electron chi connectivity index (χ4n) is 9.50. The molecule has 2 N–H and O–H groups in total. The van der Waals surface area contributed by atoms with Crippen LogP contribution in [0.15, 0.2) is 11.6 Å². The lowest BCUT2D eigenvalue weighted by Gasteiger charge is -2.51. The van der Waals surface area contributed by atoms with E-state index in [1.54, 1.807) is 0 Å². The smallest absolute Gasteiger partial charge is 0.407 e. The summed E-state index contributed by atoms with van der Waals surface area (Å²) in [5, 5.41) is 5.82. The second-order valence-corrected chi connectivity index (χ2v) is 18.0. The van der Waals surface area contributed by atoms with E-state index < -0.39 is 11.7 Å². The number of alkyl carbamates (subject to hydrolysis) is 2. The van der Waals surface area contributed by atoms with E-state index in [4.69, 9.17) is 14.2 Å². The molecule has 0 spiro atoms. The topological polar surface area (TPSA) is 85.9 Å². The SMILES string of the molecule is CCCC[C@@H](CC1=CC[C@@H]2[C@H](CC[C@]3(C)[C@@H]([C@H](C)CCCC(C)C)CC[C@@H]23)C1)OC(=O)NC(C)CCOC(C)CCNC(=O)OC(C)(C)C. The summed E-state index contributed by atoms with van der Waals surface area (Å²) in [4.78, 5) is 24.8. The Morgan fingerprint density at radius 3 is 2.41 bits per heavy atom. The molecule has 7 heteroatoms. The van der Waals surface area contributed by atoms with Gasteiger partial charge in [-0.3, -0.25) is 0 Å². The van der Waals surface area contributed by atoms with Crippen molar-refractivity contribution in [2.45, 2.75) is 189 Å². The average molecular weight is 689 g/mol. The number of hydrogen-bond donors (Lipinski definition) is 2. The van der Waals surface area contributed by atoms with E-state index in [0.717, 1.165) is 61.2 Å². The Balaban J connectivity index is 1.42. The summed E-state index contributed by atoms with van der Waals surface area (Å²) in [5.41, 5.74) is 1.53. The van der Waals surface area contributed by atoms with Crippen molar-refractivity contribution in [3.8, 4) is 0 Å². The molecule has 0 saturated heterocycles. The maximum absolute atomic E-state index is 13.0. The molecule has 2 unspecified atom stereocenters. The number of carbonyl (C=O) groups excluding carboxylic acids is 2. The van der Waals surface area contributed by atoms with E-state index in [1.165, 1.54) is 63.4 Å². The molecule has 2 amide bonds. The molecular formula is C42H76N2O5. The molecule has 3 rings (SSSR count). The fourth-order valence-corrected chi connectivity index (χ4v) is 9.50. The second-order valence-electron chi connectivity index (χ2n) is 18.0. The zero-order chi connectivity index (χ0) is 36.2. The number of amides is 2. The van der Waals surface area contributed by atoms with Crippen LogP contribution in [-0.2, 0) is 14.2 Å². The van der Waals surface area contributed by atoms with E-state index >= 15 is 0 Å². The number of ether oxygens (including phenoxy) is 3. The Labute approximate surface area is 301 Å². The van der Waals surface area contributed by atoms with Gasteiger partial charge in [-0.2, -0.15) is 0 Å². The fraction of sp³-hybridized carbons (Fsp3) is 0.905. The zero-order valence-electron chi connectivity index (χ0n) is 33.3. The Kier molecular flexibility index (Phi) is 16.8. The number of unbranched alkanes of at least 4 members (excludes halogenated alkanes) is 1. The van der Waals surface area contributed by atoms with E-state index in [1.807, 2.05) is 34.6 Å². The average Bonchev–Trinajstić information content (AvgIpc) is 3.36. The van der Waals surface area contributed by atoms with Crippen LogP contribution in [0.1, 0.15) is 166 Å². The Morgan fingerprint density at radius 1 is 0.959 bits per heavy atom. The van der Waals surface area contributed by atoms with Gasteiger partial charge in [0.25, 0.3) is 0 Å². The monoisotopic (exact) mass is 689 g/mol. The molecule has 49 heavy (non-hydrogen) atoms. The number of allylic oxidation sites excluding steroid dienone is 1. The first-order chi connectivity index (χ1) is 23.1. The lowest BCUT2D eigenvalue weighted by Crippen LogP contribution is -2.43. The maximum atomic E-state index is 13.0. The molecule has 284 valence electrons. The van der Waals surface area contributed by atoms with Gasteiger partial charge < -0.3 is 24.8 Å². The molecule has 2 saturated carbocycles. The lowest BCUT2D eigenvalue weighted by atomic mass is 9.54. The van der Waals surface area contributed by atoms with Crippen LogP contribution in [0.5, 0.6) is 0 Å². The molecule has 0 bridgehead atoms. The number of carbonyl (C=O) groups is 2. The first kappa shape index (κ1) is 41.7. The summed E-state index contributed by atoms with van der Waals surface area (Å²) < 4.78 is 17.3. The van der Waals surface area contributed by atoms with Crippen LogP contribution < -0.4 is 10.6 Å². The van der Waals surface area contributed by atoms with Crippen molar-refractivity contribution >= 4 is 12.2 Å². The number of hydrogen-bond acceptors (Lipinski definition) is 5. The highest BCUT2D eigenvalue weighted by molar-refractivity contribution is 5.68. The summed E-state index contributed by atoms with van der Waals surface area (Å²) in [7, 11) is 0. The molecule has 0 radical (unpaired) electrons. The molecule has 3 aliphatic rings. The van der Waals surface area contributed by atoms with E-state index in [-0.39, 0.29) is 24.3 Å². The van der Waals surface area contributed by atoms with Gasteiger partial charge in [0.2, 0.25) is 0 Å². The molecule has 9 atom stereocenters. The highest BCUT2D eigenvalue weighted by atomic mass is 16.6. The summed E-state index contributed by atoms with van der Waals surface area (Å²) in [5.74, 6) is 5.07. The van der Waals surface area contributed by atoms with Crippen LogP contribution in [0, 0.1) is 40.9 Å². The van der Waals surface area contributed by atoms with Gasteiger partial charge in [-0.25, -0.2) is 9.59 Å². The first-order valence-electron chi connectivity index (χ1n) is 20.3. The molecule has 7 nitrogen and oxygen atoms in total. The minimum absolute atomic E-state index is 0.00740. The zero-order valence-corrected chi connectivity index (χ0v) is 33.3. The predicted molar refractivity (Wildman–Crippen MR) is 202 cm³/mol. The van der Waals surface area contributed by atoms with Crippen molar-refractivity contribution in [1.29, 1.82) is 0 Å². The van der Waals surface area contributed by atoms with Crippen LogP contribution in [0.4, 0.5) is 9.59 Å². The second kappa shape index (κ2) is 19.7. The van der Waals surface area contributed by atoms with Crippen molar-refractivity contribution in [3.05, 3.63) is 11.6 Å². The standard InChI is InChI=1S/C42H76N2O5/c1-11-12-16-35(48-40(46)44-31(5)23-26-47-32(6)22-25-43-39(45)49-41(7,8)9)28-33-17-18-36-34(27-33)21-24-42(10)37(19-20-38(36)42)30(4)15-13-14-29(2)3/h17,29-32,34-38H,11-16,18-28H2,1-10H3,(H,43,45)(H,44,46)/t30-,31?,32?,34-,35+,36-,37-,38+,42-/m1/s1. The number of nitrogens with one attached hydrogen (secondary N) is 2. The molecule has 0 aliphatic heterocycles. The Bertz CT molecular complexity index is 1040. The van der Waals surface area contributed by atoms with Crippen molar-refractivity contribution < 1.29 is 23.8 Å². The first-order valence-corrected chi connectivity index (χ1v) is 20.3. The third-order valence-electron chi connectivity index (χ3n) is 12.2. The van der Waals surface area contributed by atoms with Gasteiger partial charge in [0.15, 0.2) is 0 Å². The maximum Gasteiger partial charge on any atom is 0.407 e. The van der Waals surface area contributed by atoms with Crippen LogP contribution in [0.25, 0.3) is 0 Å². The van der Waals surface area contributed by atoms with Crippen LogP contribution in [0.2, 0.25) is 0 Å². The van der Waals surface area contributed by atoms with Crippen molar-refractivity contribution in [3.63, 3.8) is 0 Å². The van der Waals surface area contributed by atoms with Gasteiger partial charge in [0, 0.05) is 25.6 Å². The normalized spacial score (nSPS) is 27.7. The Morgan fingerprint density at radius 2 is 1.71 bits per heavy atom.